The van der Waals surface area contributed by atoms with Crippen LogP contribution in [-0.2, 0) is 6.54 Å². The van der Waals surface area contributed by atoms with Crippen LogP contribution < -0.4 is 10.1 Å². The van der Waals surface area contributed by atoms with Crippen molar-refractivity contribution in [2.75, 3.05) is 26.7 Å². The van der Waals surface area contributed by atoms with Crippen LogP contribution in [0.5, 0.6) is 5.75 Å². The monoisotopic (exact) mass is 260 g/mol. The van der Waals surface area contributed by atoms with Crippen LogP contribution >= 0.6 is 0 Å². The second-order valence-corrected chi connectivity index (χ2v) is 5.82. The maximum absolute atomic E-state index is 5.38. The molecule has 3 heteroatoms. The van der Waals surface area contributed by atoms with Gasteiger partial charge in [0.2, 0.25) is 0 Å². The first-order valence-corrected chi connectivity index (χ1v) is 7.43. The highest BCUT2D eigenvalue weighted by Gasteiger charge is 2.33. The second kappa shape index (κ2) is 5.93. The Hall–Kier alpha value is -1.06. The maximum Gasteiger partial charge on any atom is 0.123 e. The Kier molecular flexibility index (Phi) is 4.04. The van der Waals surface area contributed by atoms with E-state index in [4.69, 9.17) is 4.74 Å². The molecule has 1 heterocycles. The summed E-state index contributed by atoms with van der Waals surface area (Å²) >= 11 is 0. The minimum Gasteiger partial charge on any atom is -0.496 e. The van der Waals surface area contributed by atoms with Gasteiger partial charge >= 0.3 is 0 Å². The number of ether oxygens (including phenoxy) is 1. The molecular formula is C16H24N2O. The van der Waals surface area contributed by atoms with Crippen molar-refractivity contribution in [2.45, 2.75) is 31.8 Å². The van der Waals surface area contributed by atoms with Gasteiger partial charge in [-0.2, -0.15) is 0 Å². The van der Waals surface area contributed by atoms with Gasteiger partial charge in [-0.15, -0.1) is 0 Å². The first-order valence-electron chi connectivity index (χ1n) is 7.43. The Morgan fingerprint density at radius 2 is 2.11 bits per heavy atom. The van der Waals surface area contributed by atoms with E-state index in [1.165, 1.54) is 37.9 Å². The zero-order valence-electron chi connectivity index (χ0n) is 11.8. The first kappa shape index (κ1) is 12.9. The molecule has 0 spiro atoms. The predicted molar refractivity (Wildman–Crippen MR) is 77.4 cm³/mol. The zero-order valence-corrected chi connectivity index (χ0v) is 11.8. The average Bonchev–Trinajstić information content (AvgIpc) is 3.19. The highest BCUT2D eigenvalue weighted by Crippen LogP contribution is 2.31. The Morgan fingerprint density at radius 3 is 2.89 bits per heavy atom. The lowest BCUT2D eigenvalue weighted by Gasteiger charge is -2.15. The van der Waals surface area contributed by atoms with Crippen molar-refractivity contribution in [3.63, 3.8) is 0 Å². The molecule has 1 aliphatic heterocycles. The molecule has 1 saturated carbocycles. The van der Waals surface area contributed by atoms with Crippen molar-refractivity contribution < 1.29 is 4.74 Å². The fraction of sp³-hybridized carbons (Fsp3) is 0.625. The zero-order chi connectivity index (χ0) is 13.1. The normalized spacial score (nSPS) is 23.7. The van der Waals surface area contributed by atoms with Crippen LogP contribution in [0.2, 0.25) is 0 Å². The molecule has 3 rings (SSSR count). The number of benzene rings is 1. The van der Waals surface area contributed by atoms with Crippen molar-refractivity contribution in [3.05, 3.63) is 29.8 Å². The van der Waals surface area contributed by atoms with E-state index in [9.17, 15) is 0 Å². The van der Waals surface area contributed by atoms with Gasteiger partial charge in [0.1, 0.15) is 5.75 Å². The number of hydrogen-bond acceptors (Lipinski definition) is 3. The van der Waals surface area contributed by atoms with Gasteiger partial charge in [-0.3, -0.25) is 0 Å². The molecule has 1 aliphatic carbocycles. The number of nitrogens with one attached hydrogen (secondary N) is 1. The third-order valence-electron chi connectivity index (χ3n) is 4.32. The highest BCUT2D eigenvalue weighted by molar-refractivity contribution is 5.32. The largest absolute Gasteiger partial charge is 0.496 e. The van der Waals surface area contributed by atoms with E-state index >= 15 is 0 Å². The molecule has 0 bridgehead atoms. The van der Waals surface area contributed by atoms with Gasteiger partial charge < -0.3 is 15.0 Å². The van der Waals surface area contributed by atoms with Crippen LogP contribution in [0, 0.1) is 5.92 Å². The van der Waals surface area contributed by atoms with Gasteiger partial charge in [0.25, 0.3) is 0 Å². The van der Waals surface area contributed by atoms with E-state index in [-0.39, 0.29) is 0 Å². The number of nitrogens with zero attached hydrogens (tertiary/aromatic N) is 1. The van der Waals surface area contributed by atoms with Gasteiger partial charge in [-0.1, -0.05) is 18.2 Å². The topological polar surface area (TPSA) is 24.5 Å². The minimum atomic E-state index is 0.829. The van der Waals surface area contributed by atoms with Crippen LogP contribution in [0.1, 0.15) is 24.8 Å². The molecule has 1 unspecified atom stereocenters. The smallest absolute Gasteiger partial charge is 0.123 e. The van der Waals surface area contributed by atoms with E-state index in [0.29, 0.717) is 0 Å². The van der Waals surface area contributed by atoms with Crippen LogP contribution in [0.3, 0.4) is 0 Å². The molecule has 0 aromatic heterocycles. The van der Waals surface area contributed by atoms with E-state index in [2.05, 4.69) is 22.3 Å². The molecule has 19 heavy (non-hydrogen) atoms. The molecule has 2 aliphatic rings. The maximum atomic E-state index is 5.38. The van der Waals surface area contributed by atoms with Crippen LogP contribution in [0.4, 0.5) is 0 Å². The lowest BCUT2D eigenvalue weighted by molar-refractivity contribution is 0.311. The number of rotatable bonds is 6. The summed E-state index contributed by atoms with van der Waals surface area (Å²) in [5, 5.41) is 3.59. The fourth-order valence-electron chi connectivity index (χ4n) is 3.06. The summed E-state index contributed by atoms with van der Waals surface area (Å²) < 4.78 is 5.38. The molecule has 3 nitrogen and oxygen atoms in total. The molecule has 1 atom stereocenters. The average molecular weight is 260 g/mol. The molecule has 1 N–H and O–H groups in total. The quantitative estimate of drug-likeness (QED) is 0.849. The third-order valence-corrected chi connectivity index (χ3v) is 4.32. The summed E-state index contributed by atoms with van der Waals surface area (Å²) in [6, 6.07) is 9.19. The fourth-order valence-corrected chi connectivity index (χ4v) is 3.06. The summed E-state index contributed by atoms with van der Waals surface area (Å²) in [5.41, 5.74) is 1.25. The van der Waals surface area contributed by atoms with Gasteiger partial charge in [0.05, 0.1) is 7.11 Å². The SMILES string of the molecule is COc1ccccc1CNCC1CCN(C2CC2)C1. The Morgan fingerprint density at radius 1 is 1.26 bits per heavy atom. The third kappa shape index (κ3) is 3.28. The lowest BCUT2D eigenvalue weighted by Crippen LogP contribution is -2.27. The summed E-state index contributed by atoms with van der Waals surface area (Å²) in [7, 11) is 1.74. The van der Waals surface area contributed by atoms with E-state index in [1.807, 2.05) is 12.1 Å². The summed E-state index contributed by atoms with van der Waals surface area (Å²) in [6.45, 7) is 4.64. The first-order chi connectivity index (χ1) is 9.36. The molecule has 1 saturated heterocycles. The van der Waals surface area contributed by atoms with Crippen LogP contribution in [-0.4, -0.2) is 37.7 Å². The van der Waals surface area contributed by atoms with Crippen molar-refractivity contribution in [3.8, 4) is 5.75 Å². The number of para-hydroxylation sites is 1. The number of hydrogen-bond donors (Lipinski definition) is 1. The molecule has 0 radical (unpaired) electrons. The number of methoxy groups -OCH3 is 1. The molecule has 1 aromatic rings. The Bertz CT molecular complexity index is 417. The van der Waals surface area contributed by atoms with Gasteiger partial charge in [-0.05, 0) is 44.3 Å². The van der Waals surface area contributed by atoms with Gasteiger partial charge in [-0.25, -0.2) is 0 Å². The Balaban J connectivity index is 1.43. The van der Waals surface area contributed by atoms with Gasteiger partial charge in [0.15, 0.2) is 0 Å². The minimum absolute atomic E-state index is 0.829. The van der Waals surface area contributed by atoms with Crippen molar-refractivity contribution in [2.24, 2.45) is 5.92 Å². The molecule has 1 aromatic carbocycles. The summed E-state index contributed by atoms with van der Waals surface area (Å²) in [4.78, 5) is 2.68. The van der Waals surface area contributed by atoms with Crippen LogP contribution in [0.25, 0.3) is 0 Å². The van der Waals surface area contributed by atoms with E-state index in [1.54, 1.807) is 7.11 Å². The standard InChI is InChI=1S/C16H24N2O/c1-19-16-5-3-2-4-14(16)11-17-10-13-8-9-18(12-13)15-6-7-15/h2-5,13,15,17H,6-12H2,1H3. The van der Waals surface area contributed by atoms with Crippen molar-refractivity contribution in [1.82, 2.24) is 10.2 Å². The van der Waals surface area contributed by atoms with Crippen molar-refractivity contribution >= 4 is 0 Å². The van der Waals surface area contributed by atoms with Gasteiger partial charge in [0, 0.05) is 24.7 Å². The number of likely N-dealkylation sites (tertiary alicyclic amines) is 1. The molecule has 0 amide bonds. The Labute approximate surface area is 115 Å². The highest BCUT2D eigenvalue weighted by atomic mass is 16.5. The molecule has 104 valence electrons. The summed E-state index contributed by atoms with van der Waals surface area (Å²) in [5.74, 6) is 1.82. The van der Waals surface area contributed by atoms with Crippen molar-refractivity contribution in [1.29, 1.82) is 0 Å². The lowest BCUT2D eigenvalue weighted by atomic mass is 10.1. The van der Waals surface area contributed by atoms with Crippen LogP contribution in [0.15, 0.2) is 24.3 Å². The van der Waals surface area contributed by atoms with E-state index < -0.39 is 0 Å². The predicted octanol–water partition coefficient (Wildman–Crippen LogP) is 2.27. The molecule has 2 fully saturated rings. The summed E-state index contributed by atoms with van der Waals surface area (Å²) in [6.07, 6.45) is 4.22. The second-order valence-electron chi connectivity index (χ2n) is 5.82. The van der Waals surface area contributed by atoms with E-state index in [0.717, 1.165) is 30.8 Å². The molecular weight excluding hydrogens is 236 g/mol.